The number of hydrogen-bond acceptors (Lipinski definition) is 8. The lowest BCUT2D eigenvalue weighted by molar-refractivity contribution is -0.258. The largest absolute Gasteiger partial charge is 0.387 e. The van der Waals surface area contributed by atoms with E-state index in [1.165, 1.54) is 0 Å². The molecule has 2 rings (SSSR count). The lowest BCUT2D eigenvalue weighted by Crippen LogP contribution is -2.60. The summed E-state index contributed by atoms with van der Waals surface area (Å²) in [5.74, 6) is -3.85. The molecule has 1 aliphatic carbocycles. The molecule has 3 atom stereocenters. The fourth-order valence-electron chi connectivity index (χ4n) is 2.99. The molecule has 0 radical (unpaired) electrons. The lowest BCUT2D eigenvalue weighted by atomic mass is 9.80. The second kappa shape index (κ2) is 6.86. The Morgan fingerprint density at radius 1 is 1.35 bits per heavy atom. The Balaban J connectivity index is 2.43. The average Bonchev–Trinajstić information content (AvgIpc) is 2.45. The molecule has 0 bridgehead atoms. The number of nitrogens with one attached hydrogen (secondary N) is 3. The van der Waals surface area contributed by atoms with E-state index in [4.69, 9.17) is 5.73 Å². The van der Waals surface area contributed by atoms with Gasteiger partial charge in [-0.25, -0.2) is 0 Å². The summed E-state index contributed by atoms with van der Waals surface area (Å²) in [6, 6.07) is -1.04. The number of carbonyl (C=O) groups excluding carboxylic acids is 1. The zero-order chi connectivity index (χ0) is 19.9. The molecule has 0 aromatic carbocycles. The van der Waals surface area contributed by atoms with E-state index in [1.807, 2.05) is 20.8 Å². The fraction of sp³-hybridized carbons (Fsp3) is 0.688. The third-order valence-corrected chi connectivity index (χ3v) is 4.37. The number of amides is 1. The van der Waals surface area contributed by atoms with Crippen molar-refractivity contribution in [1.29, 1.82) is 0 Å². The first-order chi connectivity index (χ1) is 11.8. The molecule has 10 nitrogen and oxygen atoms in total. The van der Waals surface area contributed by atoms with Gasteiger partial charge in [0.2, 0.25) is 11.7 Å². The summed E-state index contributed by atoms with van der Waals surface area (Å²) < 4.78 is 0. The maximum Gasteiger partial charge on any atom is 0.267 e. The van der Waals surface area contributed by atoms with Crippen molar-refractivity contribution < 1.29 is 20.1 Å². The monoisotopic (exact) mass is 369 g/mol. The molecule has 1 aromatic rings. The zero-order valence-corrected chi connectivity index (χ0v) is 15.3. The molecule has 1 amide bonds. The number of aliphatic hydroxyl groups is 3. The van der Waals surface area contributed by atoms with Crippen molar-refractivity contribution in [3.05, 3.63) is 15.9 Å². The van der Waals surface area contributed by atoms with E-state index >= 15 is 0 Å². The minimum absolute atomic E-state index is 0.0983. The van der Waals surface area contributed by atoms with Gasteiger partial charge in [0.15, 0.2) is 0 Å². The predicted octanol–water partition coefficient (Wildman–Crippen LogP) is -0.669. The first-order valence-electron chi connectivity index (χ1n) is 8.44. The summed E-state index contributed by atoms with van der Waals surface area (Å²) in [5, 5.41) is 36.3. The maximum absolute atomic E-state index is 12.3. The Morgan fingerprint density at radius 3 is 2.50 bits per heavy atom. The lowest BCUT2D eigenvalue weighted by Gasteiger charge is -2.43. The summed E-state index contributed by atoms with van der Waals surface area (Å²) >= 11 is 0. The minimum atomic E-state index is -2.45. The second-order valence-corrected chi connectivity index (χ2v) is 7.86. The molecular formula is C16H27N5O5. The molecule has 1 fully saturated rings. The summed E-state index contributed by atoms with van der Waals surface area (Å²) in [5.41, 5.74) is 3.68. The molecule has 10 heteroatoms. The second-order valence-electron chi connectivity index (χ2n) is 7.86. The number of rotatable bonds is 4. The number of nitrogens with zero attached hydrogens (tertiary/aromatic N) is 1. The van der Waals surface area contributed by atoms with Crippen LogP contribution < -0.4 is 21.9 Å². The van der Waals surface area contributed by atoms with E-state index in [0.717, 1.165) is 0 Å². The maximum atomic E-state index is 12.3. The molecule has 8 N–H and O–H groups in total. The van der Waals surface area contributed by atoms with Gasteiger partial charge in [0.1, 0.15) is 17.5 Å². The van der Waals surface area contributed by atoms with Gasteiger partial charge in [-0.05, 0) is 39.5 Å². The van der Waals surface area contributed by atoms with Crippen molar-refractivity contribution >= 4 is 17.7 Å². The van der Waals surface area contributed by atoms with Crippen molar-refractivity contribution in [2.45, 2.75) is 64.0 Å². The smallest absolute Gasteiger partial charge is 0.267 e. The molecule has 3 unspecified atom stereocenters. The van der Waals surface area contributed by atoms with Crippen LogP contribution >= 0.6 is 0 Å². The molecular weight excluding hydrogens is 342 g/mol. The van der Waals surface area contributed by atoms with Crippen LogP contribution in [0.2, 0.25) is 0 Å². The average molecular weight is 369 g/mol. The van der Waals surface area contributed by atoms with E-state index in [1.54, 1.807) is 6.92 Å². The summed E-state index contributed by atoms with van der Waals surface area (Å²) in [6.07, 6.45) is -0.580. The Morgan fingerprint density at radius 2 is 1.96 bits per heavy atom. The Hall–Kier alpha value is -2.17. The van der Waals surface area contributed by atoms with Gasteiger partial charge in [-0.3, -0.25) is 14.6 Å². The Labute approximate surface area is 150 Å². The highest BCUT2D eigenvalue weighted by molar-refractivity contribution is 5.97. The van der Waals surface area contributed by atoms with Gasteiger partial charge >= 0.3 is 0 Å². The van der Waals surface area contributed by atoms with Crippen molar-refractivity contribution in [2.24, 2.45) is 11.7 Å². The Bertz CT molecular complexity index is 740. The molecule has 0 saturated heterocycles. The number of aliphatic hydroxyl groups excluding tert-OH is 1. The van der Waals surface area contributed by atoms with Gasteiger partial charge in [-0.2, -0.15) is 4.98 Å². The van der Waals surface area contributed by atoms with Gasteiger partial charge in [0, 0.05) is 5.54 Å². The quantitative estimate of drug-likeness (QED) is 0.342. The van der Waals surface area contributed by atoms with E-state index in [2.05, 4.69) is 20.6 Å². The highest BCUT2D eigenvalue weighted by Crippen LogP contribution is 2.33. The van der Waals surface area contributed by atoms with E-state index in [0.29, 0.717) is 12.8 Å². The van der Waals surface area contributed by atoms with E-state index < -0.39 is 40.5 Å². The highest BCUT2D eigenvalue weighted by Gasteiger charge is 2.48. The molecule has 1 saturated carbocycles. The summed E-state index contributed by atoms with van der Waals surface area (Å²) in [7, 11) is 0. The van der Waals surface area contributed by atoms with E-state index in [9.17, 15) is 24.9 Å². The molecule has 1 aliphatic rings. The number of aromatic nitrogens is 2. The van der Waals surface area contributed by atoms with Gasteiger partial charge in [0.05, 0.1) is 6.04 Å². The van der Waals surface area contributed by atoms with Crippen LogP contribution in [0.15, 0.2) is 4.79 Å². The van der Waals surface area contributed by atoms with Crippen molar-refractivity contribution in [3.8, 4) is 0 Å². The van der Waals surface area contributed by atoms with Crippen LogP contribution in [0.3, 0.4) is 0 Å². The predicted molar refractivity (Wildman–Crippen MR) is 95.7 cm³/mol. The minimum Gasteiger partial charge on any atom is -0.387 e. The van der Waals surface area contributed by atoms with Gasteiger partial charge in [-0.15, -0.1) is 0 Å². The molecule has 26 heavy (non-hydrogen) atoms. The number of carbonyl (C=O) groups is 1. The third kappa shape index (κ3) is 4.14. The number of primary amides is 1. The first kappa shape index (κ1) is 20.1. The van der Waals surface area contributed by atoms with Crippen LogP contribution in [-0.2, 0) is 0 Å². The van der Waals surface area contributed by atoms with Gasteiger partial charge in [-0.1, -0.05) is 6.92 Å². The van der Waals surface area contributed by atoms with Crippen molar-refractivity contribution in [2.75, 3.05) is 10.6 Å². The SMILES string of the molecule is CC1CCC(Nc2nc(NC(C)(C)C)[nH]c(=O)c2C(N)=O)C(O)(O)C1O. The summed E-state index contributed by atoms with van der Waals surface area (Å²) in [4.78, 5) is 30.5. The third-order valence-electron chi connectivity index (χ3n) is 4.37. The van der Waals surface area contributed by atoms with Crippen molar-refractivity contribution in [1.82, 2.24) is 9.97 Å². The topological polar surface area (TPSA) is 174 Å². The van der Waals surface area contributed by atoms with Crippen LogP contribution in [0, 0.1) is 5.92 Å². The van der Waals surface area contributed by atoms with Gasteiger partial charge < -0.3 is 31.7 Å². The van der Waals surface area contributed by atoms with Crippen LogP contribution in [-0.4, -0.2) is 54.7 Å². The van der Waals surface area contributed by atoms with Crippen LogP contribution in [0.1, 0.15) is 50.9 Å². The molecule has 0 aliphatic heterocycles. The number of aromatic amines is 1. The number of nitrogens with two attached hydrogens (primary N) is 1. The normalized spacial score (nSPS) is 25.6. The van der Waals surface area contributed by atoms with Crippen molar-refractivity contribution in [3.63, 3.8) is 0 Å². The number of anilines is 2. The van der Waals surface area contributed by atoms with Crippen LogP contribution in [0.4, 0.5) is 11.8 Å². The van der Waals surface area contributed by atoms with Crippen LogP contribution in [0.5, 0.6) is 0 Å². The zero-order valence-electron chi connectivity index (χ0n) is 15.3. The molecule has 1 heterocycles. The number of H-pyrrole nitrogens is 1. The fourth-order valence-corrected chi connectivity index (χ4v) is 2.99. The highest BCUT2D eigenvalue weighted by atomic mass is 16.5. The molecule has 146 valence electrons. The van der Waals surface area contributed by atoms with Crippen LogP contribution in [0.25, 0.3) is 0 Å². The summed E-state index contributed by atoms with van der Waals surface area (Å²) in [6.45, 7) is 7.27. The first-order valence-corrected chi connectivity index (χ1v) is 8.44. The molecule has 0 spiro atoms. The Kier molecular flexibility index (Phi) is 5.31. The van der Waals surface area contributed by atoms with E-state index in [-0.39, 0.29) is 17.7 Å². The standard InChI is InChI=1S/C16H27N5O5/c1-7-5-6-8(16(25,26)10(7)22)18-12-9(11(17)23)13(24)20-14(19-12)21-15(2,3)4/h7-8,10,22,25-26H,5-6H2,1-4H3,(H2,17,23)(H3,18,19,20,21,24). The van der Waals surface area contributed by atoms with Gasteiger partial charge in [0.25, 0.3) is 11.5 Å². The molecule has 1 aromatic heterocycles. The number of hydrogen-bond donors (Lipinski definition) is 7.